The number of hydrazine groups is 1. The zero-order valence-electron chi connectivity index (χ0n) is 8.36. The number of carbonyl (C=O) groups is 2. The third-order valence-electron chi connectivity index (χ3n) is 2.70. The third kappa shape index (κ3) is 2.27. The second-order valence-corrected chi connectivity index (χ2v) is 4.90. The van der Waals surface area contributed by atoms with Gasteiger partial charge in [-0.3, -0.25) is 9.80 Å². The molecule has 4 nitrogen and oxygen atoms in total. The number of nitrogens with zero attached hydrogens (tertiary/aromatic N) is 1. The monoisotopic (exact) mass is 216 g/mol. The molecule has 0 spiro atoms. The summed E-state index contributed by atoms with van der Waals surface area (Å²) in [5.74, 6) is 7.21. The van der Waals surface area contributed by atoms with Crippen LogP contribution in [0.3, 0.4) is 0 Å². The molecule has 14 heavy (non-hydrogen) atoms. The van der Waals surface area contributed by atoms with Gasteiger partial charge in [0.15, 0.2) is 0 Å². The van der Waals surface area contributed by atoms with Crippen LogP contribution in [0.15, 0.2) is 0 Å². The highest BCUT2D eigenvalue weighted by Gasteiger charge is 2.40. The van der Waals surface area contributed by atoms with E-state index in [1.165, 1.54) is 7.05 Å². The maximum atomic E-state index is 11.8. The molecular weight excluding hydrogens is 200 g/mol. The number of hydrogen-bond acceptors (Lipinski definition) is 4. The van der Waals surface area contributed by atoms with Gasteiger partial charge < -0.3 is 4.79 Å². The Morgan fingerprint density at radius 1 is 1.57 bits per heavy atom. The SMILES string of the molecule is CN(N)C(=O)C1(CC=O)CCSCC1. The molecule has 1 rings (SSSR count). The highest BCUT2D eigenvalue weighted by molar-refractivity contribution is 7.99. The van der Waals surface area contributed by atoms with Gasteiger partial charge in [0.25, 0.3) is 0 Å². The van der Waals surface area contributed by atoms with E-state index < -0.39 is 5.41 Å². The molecule has 0 unspecified atom stereocenters. The van der Waals surface area contributed by atoms with Crippen molar-refractivity contribution in [2.75, 3.05) is 18.6 Å². The fourth-order valence-corrected chi connectivity index (χ4v) is 3.08. The van der Waals surface area contributed by atoms with Crippen LogP contribution < -0.4 is 5.84 Å². The van der Waals surface area contributed by atoms with Crippen LogP contribution in [-0.4, -0.2) is 35.8 Å². The number of hydrogen-bond donors (Lipinski definition) is 1. The Hall–Kier alpha value is -0.550. The lowest BCUT2D eigenvalue weighted by atomic mass is 9.78. The molecule has 2 N–H and O–H groups in total. The van der Waals surface area contributed by atoms with Crippen LogP contribution in [-0.2, 0) is 9.59 Å². The van der Waals surface area contributed by atoms with Gasteiger partial charge in [0.2, 0.25) is 5.91 Å². The van der Waals surface area contributed by atoms with Gasteiger partial charge in [0.05, 0.1) is 5.41 Å². The van der Waals surface area contributed by atoms with Crippen LogP contribution in [0, 0.1) is 5.41 Å². The molecular formula is C9H16N2O2S. The average Bonchev–Trinajstić information content (AvgIpc) is 2.18. The first-order chi connectivity index (χ1) is 6.62. The van der Waals surface area contributed by atoms with E-state index in [1.807, 2.05) is 11.8 Å². The van der Waals surface area contributed by atoms with Crippen LogP contribution in [0.4, 0.5) is 0 Å². The van der Waals surface area contributed by atoms with Gasteiger partial charge in [-0.25, -0.2) is 5.84 Å². The molecule has 0 radical (unpaired) electrons. The Morgan fingerprint density at radius 2 is 2.14 bits per heavy atom. The first kappa shape index (κ1) is 11.5. The van der Waals surface area contributed by atoms with E-state index in [-0.39, 0.29) is 5.91 Å². The molecule has 1 saturated heterocycles. The average molecular weight is 216 g/mol. The van der Waals surface area contributed by atoms with Gasteiger partial charge in [-0.2, -0.15) is 11.8 Å². The molecule has 1 amide bonds. The van der Waals surface area contributed by atoms with Crippen molar-refractivity contribution in [1.29, 1.82) is 0 Å². The van der Waals surface area contributed by atoms with Crippen molar-refractivity contribution in [2.24, 2.45) is 11.3 Å². The van der Waals surface area contributed by atoms with Crippen LogP contribution in [0.25, 0.3) is 0 Å². The predicted octanol–water partition coefficient (Wildman–Crippen LogP) is 0.421. The number of aldehydes is 1. The van der Waals surface area contributed by atoms with Crippen LogP contribution in [0.2, 0.25) is 0 Å². The van der Waals surface area contributed by atoms with Gasteiger partial charge in [-0.1, -0.05) is 0 Å². The highest BCUT2D eigenvalue weighted by atomic mass is 32.2. The molecule has 0 aliphatic carbocycles. The van der Waals surface area contributed by atoms with E-state index in [0.717, 1.165) is 35.6 Å². The summed E-state index contributed by atoms with van der Waals surface area (Å²) >= 11 is 1.82. The fourth-order valence-electron chi connectivity index (χ4n) is 1.80. The normalized spacial score (nSPS) is 20.1. The van der Waals surface area contributed by atoms with Crippen molar-refractivity contribution in [3.05, 3.63) is 0 Å². The quantitative estimate of drug-likeness (QED) is 0.321. The van der Waals surface area contributed by atoms with Crippen molar-refractivity contribution < 1.29 is 9.59 Å². The zero-order valence-corrected chi connectivity index (χ0v) is 9.18. The van der Waals surface area contributed by atoms with Crippen LogP contribution in [0.1, 0.15) is 19.3 Å². The number of amides is 1. The molecule has 1 heterocycles. The second kappa shape index (κ2) is 4.79. The minimum Gasteiger partial charge on any atom is -0.303 e. The van der Waals surface area contributed by atoms with E-state index in [4.69, 9.17) is 5.84 Å². The summed E-state index contributed by atoms with van der Waals surface area (Å²) in [4.78, 5) is 22.4. The van der Waals surface area contributed by atoms with Gasteiger partial charge in [0, 0.05) is 13.5 Å². The lowest BCUT2D eigenvalue weighted by molar-refractivity contribution is -0.143. The standard InChI is InChI=1S/C9H16N2O2S/c1-11(10)8(13)9(2-5-12)3-6-14-7-4-9/h5H,2-4,6-7,10H2,1H3. The fraction of sp³-hybridized carbons (Fsp3) is 0.778. The first-order valence-electron chi connectivity index (χ1n) is 4.67. The molecule has 5 heteroatoms. The Morgan fingerprint density at radius 3 is 2.57 bits per heavy atom. The first-order valence-corrected chi connectivity index (χ1v) is 5.82. The molecule has 0 aromatic carbocycles. The summed E-state index contributed by atoms with van der Waals surface area (Å²) in [5.41, 5.74) is -0.517. The minimum absolute atomic E-state index is 0.107. The van der Waals surface area contributed by atoms with Gasteiger partial charge in [0.1, 0.15) is 6.29 Å². The van der Waals surface area contributed by atoms with Gasteiger partial charge in [-0.15, -0.1) is 0 Å². The summed E-state index contributed by atoms with van der Waals surface area (Å²) < 4.78 is 0. The number of rotatable bonds is 3. The summed E-state index contributed by atoms with van der Waals surface area (Å²) in [6.45, 7) is 0. The zero-order chi connectivity index (χ0) is 10.6. The number of nitrogens with two attached hydrogens (primary N) is 1. The molecule has 0 bridgehead atoms. The lowest BCUT2D eigenvalue weighted by Crippen LogP contribution is -2.47. The maximum Gasteiger partial charge on any atom is 0.242 e. The molecule has 0 atom stereocenters. The predicted molar refractivity (Wildman–Crippen MR) is 56.6 cm³/mol. The second-order valence-electron chi connectivity index (χ2n) is 3.68. The molecule has 0 saturated carbocycles. The molecule has 1 aliphatic heterocycles. The van der Waals surface area contributed by atoms with Crippen molar-refractivity contribution in [3.63, 3.8) is 0 Å². The summed E-state index contributed by atoms with van der Waals surface area (Å²) in [5, 5.41) is 1.11. The van der Waals surface area contributed by atoms with E-state index in [1.54, 1.807) is 0 Å². The van der Waals surface area contributed by atoms with Crippen LogP contribution in [0.5, 0.6) is 0 Å². The number of carbonyl (C=O) groups excluding carboxylic acids is 2. The molecule has 1 aliphatic rings. The third-order valence-corrected chi connectivity index (χ3v) is 3.68. The van der Waals surface area contributed by atoms with Gasteiger partial charge in [-0.05, 0) is 24.3 Å². The molecule has 0 aromatic heterocycles. The Balaban J connectivity index is 2.78. The van der Waals surface area contributed by atoms with Crippen molar-refractivity contribution >= 4 is 24.0 Å². The summed E-state index contributed by atoms with van der Waals surface area (Å²) in [6.07, 6.45) is 2.65. The highest BCUT2D eigenvalue weighted by Crippen LogP contribution is 2.38. The Kier molecular flexibility index (Phi) is 3.95. The largest absolute Gasteiger partial charge is 0.303 e. The lowest BCUT2D eigenvalue weighted by Gasteiger charge is -2.35. The van der Waals surface area contributed by atoms with Crippen molar-refractivity contribution in [2.45, 2.75) is 19.3 Å². The minimum atomic E-state index is -0.517. The number of thioether (sulfide) groups is 1. The van der Waals surface area contributed by atoms with E-state index in [2.05, 4.69) is 0 Å². The molecule has 1 fully saturated rings. The Bertz CT molecular complexity index is 225. The van der Waals surface area contributed by atoms with Crippen LogP contribution >= 0.6 is 11.8 Å². The van der Waals surface area contributed by atoms with E-state index in [0.29, 0.717) is 6.42 Å². The van der Waals surface area contributed by atoms with E-state index in [9.17, 15) is 9.59 Å². The van der Waals surface area contributed by atoms with E-state index >= 15 is 0 Å². The molecule has 0 aromatic rings. The smallest absolute Gasteiger partial charge is 0.242 e. The summed E-state index contributed by atoms with van der Waals surface area (Å²) in [7, 11) is 1.54. The topological polar surface area (TPSA) is 63.4 Å². The van der Waals surface area contributed by atoms with Crippen molar-refractivity contribution in [1.82, 2.24) is 5.01 Å². The summed E-state index contributed by atoms with van der Waals surface area (Å²) in [6, 6.07) is 0. The Labute approximate surface area is 88.2 Å². The van der Waals surface area contributed by atoms with Crippen molar-refractivity contribution in [3.8, 4) is 0 Å². The molecule has 80 valence electrons. The maximum absolute atomic E-state index is 11.8. The van der Waals surface area contributed by atoms with Gasteiger partial charge >= 0.3 is 0 Å².